The van der Waals surface area contributed by atoms with Gasteiger partial charge in [-0.2, -0.15) is 0 Å². The average Bonchev–Trinajstić information content (AvgIpc) is 2.97. The molecule has 0 aliphatic rings. The maximum Gasteiger partial charge on any atom is 0.264 e. The molecule has 9 nitrogen and oxygen atoms in total. The largest absolute Gasteiger partial charge is 0.497 e. The van der Waals surface area contributed by atoms with Crippen LogP contribution in [0.15, 0.2) is 83.8 Å². The van der Waals surface area contributed by atoms with E-state index in [1.54, 1.807) is 81.6 Å². The number of nitrogens with one attached hydrogen (secondary N) is 1. The molecule has 0 spiro atoms. The fourth-order valence-corrected chi connectivity index (χ4v) is 5.80. The molecule has 0 bridgehead atoms. The molecule has 0 fully saturated rings. The zero-order valence-corrected chi connectivity index (χ0v) is 24.2. The number of para-hydroxylation sites is 2. The first-order valence-corrected chi connectivity index (χ1v) is 14.7. The molecule has 1 N–H and O–H groups in total. The smallest absolute Gasteiger partial charge is 0.264 e. The second-order valence-electron chi connectivity index (χ2n) is 8.92. The number of likely N-dealkylation sites (N-methyl/N-ethyl adjacent to an activating group) is 1. The van der Waals surface area contributed by atoms with Crippen LogP contribution in [0.3, 0.4) is 0 Å². The Hall–Kier alpha value is -4.05. The second-order valence-corrected chi connectivity index (χ2v) is 10.8. The standard InChI is InChI=1S/C30H37N3O6S/c1-5-26(30(35)31-6-2)32(21-23-14-13-15-24(20-23)38-4)29(34)22-33(27-18-11-12-19-28(27)39-7-3)40(36,37)25-16-9-8-10-17-25/h8-20,26H,5-7,21-22H2,1-4H3,(H,31,35)/t26-/m1/s1. The molecular formula is C30H37N3O6S. The number of ether oxygens (including phenoxy) is 2. The lowest BCUT2D eigenvalue weighted by Crippen LogP contribution is -2.52. The van der Waals surface area contributed by atoms with Crippen LogP contribution in [0.1, 0.15) is 32.8 Å². The quantitative estimate of drug-likeness (QED) is 0.313. The highest BCUT2D eigenvalue weighted by Gasteiger charge is 2.34. The van der Waals surface area contributed by atoms with Gasteiger partial charge in [-0.1, -0.05) is 49.4 Å². The number of rotatable bonds is 14. The van der Waals surface area contributed by atoms with E-state index in [9.17, 15) is 18.0 Å². The van der Waals surface area contributed by atoms with E-state index in [-0.39, 0.29) is 23.0 Å². The maximum absolute atomic E-state index is 14.1. The molecule has 0 heterocycles. The van der Waals surface area contributed by atoms with Gasteiger partial charge >= 0.3 is 0 Å². The Balaban J connectivity index is 2.10. The Labute approximate surface area is 236 Å². The van der Waals surface area contributed by atoms with E-state index in [2.05, 4.69) is 5.32 Å². The SMILES string of the molecule is CCNC(=O)[C@@H](CC)N(Cc1cccc(OC)c1)C(=O)CN(c1ccccc1OCC)S(=O)(=O)c1ccccc1. The van der Waals surface area contributed by atoms with Gasteiger partial charge in [-0.05, 0) is 62.2 Å². The molecule has 0 unspecified atom stereocenters. The molecule has 1 atom stereocenters. The van der Waals surface area contributed by atoms with Crippen molar-refractivity contribution in [2.45, 2.75) is 44.7 Å². The van der Waals surface area contributed by atoms with Gasteiger partial charge in [0.15, 0.2) is 0 Å². The lowest BCUT2D eigenvalue weighted by Gasteiger charge is -2.33. The minimum atomic E-state index is -4.18. The Bertz CT molecular complexity index is 1380. The number of nitrogens with zero attached hydrogens (tertiary/aromatic N) is 2. The fraction of sp³-hybridized carbons (Fsp3) is 0.333. The monoisotopic (exact) mass is 567 g/mol. The molecular weight excluding hydrogens is 530 g/mol. The molecule has 0 saturated carbocycles. The lowest BCUT2D eigenvalue weighted by molar-refractivity contribution is -0.140. The molecule has 2 amide bonds. The molecule has 3 aromatic carbocycles. The molecule has 40 heavy (non-hydrogen) atoms. The highest BCUT2D eigenvalue weighted by molar-refractivity contribution is 7.92. The van der Waals surface area contributed by atoms with Crippen LogP contribution in [0.2, 0.25) is 0 Å². The summed E-state index contributed by atoms with van der Waals surface area (Å²) >= 11 is 0. The number of anilines is 1. The number of hydrogen-bond donors (Lipinski definition) is 1. The first-order valence-electron chi connectivity index (χ1n) is 13.3. The van der Waals surface area contributed by atoms with Crippen molar-refractivity contribution in [1.29, 1.82) is 0 Å². The van der Waals surface area contributed by atoms with E-state index >= 15 is 0 Å². The van der Waals surface area contributed by atoms with Crippen molar-refractivity contribution in [3.05, 3.63) is 84.4 Å². The number of amides is 2. The van der Waals surface area contributed by atoms with Gasteiger partial charge < -0.3 is 19.7 Å². The van der Waals surface area contributed by atoms with Crippen LogP contribution in [-0.4, -0.2) is 58.0 Å². The second kappa shape index (κ2) is 14.4. The van der Waals surface area contributed by atoms with E-state index in [4.69, 9.17) is 9.47 Å². The van der Waals surface area contributed by atoms with Crippen LogP contribution in [0.25, 0.3) is 0 Å². The van der Waals surface area contributed by atoms with E-state index in [1.165, 1.54) is 17.0 Å². The minimum absolute atomic E-state index is 0.0317. The average molecular weight is 568 g/mol. The molecule has 0 aliphatic carbocycles. The number of methoxy groups -OCH3 is 1. The summed E-state index contributed by atoms with van der Waals surface area (Å²) in [6.07, 6.45) is 0.336. The Morgan fingerprint density at radius 1 is 0.925 bits per heavy atom. The third-order valence-electron chi connectivity index (χ3n) is 6.27. The van der Waals surface area contributed by atoms with Crippen molar-refractivity contribution in [1.82, 2.24) is 10.2 Å². The molecule has 3 rings (SSSR count). The maximum atomic E-state index is 14.1. The van der Waals surface area contributed by atoms with Crippen LogP contribution < -0.4 is 19.1 Å². The lowest BCUT2D eigenvalue weighted by atomic mass is 10.1. The van der Waals surface area contributed by atoms with Crippen molar-refractivity contribution >= 4 is 27.5 Å². The summed E-state index contributed by atoms with van der Waals surface area (Å²) < 4.78 is 40.1. The predicted octanol–water partition coefficient (Wildman–Crippen LogP) is 4.23. The van der Waals surface area contributed by atoms with Gasteiger partial charge in [0.05, 0.1) is 24.3 Å². The summed E-state index contributed by atoms with van der Waals surface area (Å²) in [5.74, 6) is 0.0856. The summed E-state index contributed by atoms with van der Waals surface area (Å²) in [6, 6.07) is 21.0. The zero-order chi connectivity index (χ0) is 29.1. The summed E-state index contributed by atoms with van der Waals surface area (Å²) in [6.45, 7) is 5.66. The summed E-state index contributed by atoms with van der Waals surface area (Å²) in [7, 11) is -2.64. The van der Waals surface area contributed by atoms with Crippen molar-refractivity contribution in [2.24, 2.45) is 0 Å². The van der Waals surface area contributed by atoms with Gasteiger partial charge in [0.25, 0.3) is 10.0 Å². The molecule has 10 heteroatoms. The highest BCUT2D eigenvalue weighted by Crippen LogP contribution is 2.33. The molecule has 0 saturated heterocycles. The third kappa shape index (κ3) is 7.32. The van der Waals surface area contributed by atoms with Crippen molar-refractivity contribution in [3.8, 4) is 11.5 Å². The minimum Gasteiger partial charge on any atom is -0.497 e. The van der Waals surface area contributed by atoms with Gasteiger partial charge in [0.2, 0.25) is 11.8 Å². The van der Waals surface area contributed by atoms with Crippen LogP contribution in [0.5, 0.6) is 11.5 Å². The van der Waals surface area contributed by atoms with E-state index in [0.717, 1.165) is 9.87 Å². The van der Waals surface area contributed by atoms with Crippen molar-refractivity contribution in [2.75, 3.05) is 31.1 Å². The Morgan fingerprint density at radius 3 is 2.27 bits per heavy atom. The Kier molecular flexibility index (Phi) is 11.0. The molecule has 0 radical (unpaired) electrons. The Morgan fingerprint density at radius 2 is 1.62 bits per heavy atom. The summed E-state index contributed by atoms with van der Waals surface area (Å²) in [5, 5.41) is 2.80. The highest BCUT2D eigenvalue weighted by atomic mass is 32.2. The number of benzene rings is 3. The van der Waals surface area contributed by atoms with Crippen molar-refractivity contribution < 1.29 is 27.5 Å². The van der Waals surface area contributed by atoms with Gasteiger partial charge in [-0.3, -0.25) is 13.9 Å². The number of hydrogen-bond acceptors (Lipinski definition) is 6. The van der Waals surface area contributed by atoms with Crippen LogP contribution in [-0.2, 0) is 26.2 Å². The van der Waals surface area contributed by atoms with Crippen LogP contribution in [0, 0.1) is 0 Å². The molecule has 214 valence electrons. The number of sulfonamides is 1. The van der Waals surface area contributed by atoms with Crippen molar-refractivity contribution in [3.63, 3.8) is 0 Å². The van der Waals surface area contributed by atoms with Gasteiger partial charge in [0.1, 0.15) is 24.1 Å². The number of carbonyl (C=O) groups excluding carboxylic acids is 2. The summed E-state index contributed by atoms with van der Waals surface area (Å²) in [5.41, 5.74) is 0.969. The fourth-order valence-electron chi connectivity index (χ4n) is 4.35. The van der Waals surface area contributed by atoms with E-state index in [0.29, 0.717) is 31.1 Å². The van der Waals surface area contributed by atoms with E-state index in [1.807, 2.05) is 13.0 Å². The third-order valence-corrected chi connectivity index (χ3v) is 8.04. The van der Waals surface area contributed by atoms with Gasteiger partial charge in [-0.25, -0.2) is 8.42 Å². The first-order chi connectivity index (χ1) is 19.3. The molecule has 3 aromatic rings. The summed E-state index contributed by atoms with van der Waals surface area (Å²) in [4.78, 5) is 28.6. The molecule has 0 aromatic heterocycles. The van der Waals surface area contributed by atoms with Crippen LogP contribution in [0.4, 0.5) is 5.69 Å². The van der Waals surface area contributed by atoms with Gasteiger partial charge in [-0.15, -0.1) is 0 Å². The van der Waals surface area contributed by atoms with E-state index < -0.39 is 28.5 Å². The molecule has 0 aliphatic heterocycles. The predicted molar refractivity (Wildman–Crippen MR) is 155 cm³/mol. The first kappa shape index (κ1) is 30.5. The topological polar surface area (TPSA) is 105 Å². The van der Waals surface area contributed by atoms with Crippen LogP contribution >= 0.6 is 0 Å². The van der Waals surface area contributed by atoms with Gasteiger partial charge in [0, 0.05) is 13.1 Å². The normalized spacial score (nSPS) is 11.8. The zero-order valence-electron chi connectivity index (χ0n) is 23.4. The number of carbonyl (C=O) groups is 2.